The van der Waals surface area contributed by atoms with Crippen LogP contribution < -0.4 is 4.74 Å². The highest BCUT2D eigenvalue weighted by atomic mass is 19.4. The summed E-state index contributed by atoms with van der Waals surface area (Å²) in [5.74, 6) is -1.55. The van der Waals surface area contributed by atoms with Crippen molar-refractivity contribution in [3.63, 3.8) is 0 Å². The first-order valence-corrected chi connectivity index (χ1v) is 5.57. The molecule has 4 nitrogen and oxygen atoms in total. The van der Waals surface area contributed by atoms with Gasteiger partial charge in [-0.05, 0) is 36.4 Å². The summed E-state index contributed by atoms with van der Waals surface area (Å²) in [5.41, 5.74) is -1.76. The molecule has 0 aliphatic carbocycles. The van der Waals surface area contributed by atoms with Crippen molar-refractivity contribution in [2.24, 2.45) is 0 Å². The maximum atomic E-state index is 13.4. The van der Waals surface area contributed by atoms with Crippen LogP contribution in [0.5, 0.6) is 11.5 Å². The molecule has 0 radical (unpaired) electrons. The summed E-state index contributed by atoms with van der Waals surface area (Å²) in [4.78, 5) is 9.79. The van der Waals surface area contributed by atoms with Crippen molar-refractivity contribution in [1.82, 2.24) is 0 Å². The number of alkyl halides is 3. The third kappa shape index (κ3) is 3.28. The van der Waals surface area contributed by atoms with Gasteiger partial charge in [0.15, 0.2) is 0 Å². The Labute approximate surface area is 115 Å². The Bertz CT molecular complexity index is 668. The van der Waals surface area contributed by atoms with Crippen molar-refractivity contribution in [3.8, 4) is 11.5 Å². The molecule has 2 aromatic rings. The van der Waals surface area contributed by atoms with Crippen LogP contribution in [0, 0.1) is 15.9 Å². The predicted octanol–water partition coefficient (Wildman–Crippen LogP) is 4.55. The first kappa shape index (κ1) is 14.8. The molecule has 0 heterocycles. The van der Waals surface area contributed by atoms with E-state index in [1.165, 1.54) is 6.07 Å². The predicted molar refractivity (Wildman–Crippen MR) is 64.6 cm³/mol. The van der Waals surface area contributed by atoms with Crippen LogP contribution in [-0.2, 0) is 6.18 Å². The lowest BCUT2D eigenvalue weighted by Gasteiger charge is -2.09. The van der Waals surface area contributed by atoms with Crippen molar-refractivity contribution >= 4 is 5.69 Å². The van der Waals surface area contributed by atoms with Gasteiger partial charge in [-0.2, -0.15) is 17.6 Å². The van der Waals surface area contributed by atoms with Gasteiger partial charge in [0.1, 0.15) is 5.75 Å². The Hall–Kier alpha value is -2.64. The quantitative estimate of drug-likeness (QED) is 0.475. The molecule has 0 atom stereocenters. The minimum atomic E-state index is -4.50. The number of ether oxygens (including phenoxy) is 1. The van der Waals surface area contributed by atoms with Crippen LogP contribution in [0.3, 0.4) is 0 Å². The van der Waals surface area contributed by atoms with E-state index in [-0.39, 0.29) is 11.5 Å². The van der Waals surface area contributed by atoms with Crippen molar-refractivity contribution in [2.45, 2.75) is 6.18 Å². The van der Waals surface area contributed by atoms with Gasteiger partial charge in [-0.3, -0.25) is 10.1 Å². The fraction of sp³-hybridized carbons (Fsp3) is 0.0769. The highest BCUT2D eigenvalue weighted by molar-refractivity contribution is 5.49. The number of hydrogen-bond donors (Lipinski definition) is 0. The van der Waals surface area contributed by atoms with E-state index in [0.29, 0.717) is 0 Å². The van der Waals surface area contributed by atoms with Gasteiger partial charge in [0.2, 0.25) is 11.6 Å². The lowest BCUT2D eigenvalue weighted by molar-refractivity contribution is -0.388. The number of nitro benzene ring substituents is 1. The number of hydrogen-bond acceptors (Lipinski definition) is 3. The third-order valence-electron chi connectivity index (χ3n) is 2.54. The van der Waals surface area contributed by atoms with Gasteiger partial charge in [0, 0.05) is 0 Å². The molecule has 0 aliphatic rings. The van der Waals surface area contributed by atoms with Crippen LogP contribution in [-0.4, -0.2) is 4.92 Å². The smallest absolute Gasteiger partial charge is 0.416 e. The molecule has 0 aliphatic heterocycles. The van der Waals surface area contributed by atoms with Crippen molar-refractivity contribution < 1.29 is 27.2 Å². The summed E-state index contributed by atoms with van der Waals surface area (Å²) in [6.07, 6.45) is -4.50. The minimum absolute atomic E-state index is 0.0725. The lowest BCUT2D eigenvalue weighted by Crippen LogP contribution is -2.04. The molecule has 0 saturated carbocycles. The minimum Gasteiger partial charge on any atom is -0.450 e. The number of nitrogens with zero attached hydrogens (tertiary/aromatic N) is 1. The van der Waals surface area contributed by atoms with E-state index < -0.39 is 28.2 Å². The molecule has 0 aromatic heterocycles. The molecular weight excluding hydrogens is 294 g/mol. The topological polar surface area (TPSA) is 52.4 Å². The van der Waals surface area contributed by atoms with Crippen LogP contribution in [0.15, 0.2) is 42.5 Å². The molecule has 21 heavy (non-hydrogen) atoms. The van der Waals surface area contributed by atoms with Crippen LogP contribution in [0.1, 0.15) is 5.56 Å². The van der Waals surface area contributed by atoms with Gasteiger partial charge in [-0.25, -0.2) is 0 Å². The molecule has 0 fully saturated rings. The maximum absolute atomic E-state index is 13.4. The molecule has 0 unspecified atom stereocenters. The van der Waals surface area contributed by atoms with E-state index in [1.807, 2.05) is 0 Å². The number of nitro groups is 1. The molecule has 2 rings (SSSR count). The maximum Gasteiger partial charge on any atom is 0.416 e. The second kappa shape index (κ2) is 5.39. The molecule has 0 spiro atoms. The van der Waals surface area contributed by atoms with Gasteiger partial charge in [0.05, 0.1) is 10.5 Å². The normalized spacial score (nSPS) is 11.2. The lowest BCUT2D eigenvalue weighted by atomic mass is 10.2. The fourth-order valence-corrected chi connectivity index (χ4v) is 1.59. The molecule has 0 saturated heterocycles. The largest absolute Gasteiger partial charge is 0.450 e. The number of para-hydroxylation sites is 1. The molecular formula is C13H7F4NO3. The van der Waals surface area contributed by atoms with E-state index in [4.69, 9.17) is 4.74 Å². The van der Waals surface area contributed by atoms with Gasteiger partial charge in [-0.15, -0.1) is 0 Å². The SMILES string of the molecule is O=[N+]([O-])c1c(F)cccc1Oc1ccc(C(F)(F)F)cc1. The summed E-state index contributed by atoms with van der Waals surface area (Å²) >= 11 is 0. The standard InChI is InChI=1S/C13H7F4NO3/c14-10-2-1-3-11(12(10)18(19)20)21-9-6-4-8(5-7-9)13(15,16)17/h1-7H. The number of rotatable bonds is 3. The highest BCUT2D eigenvalue weighted by Crippen LogP contribution is 2.35. The molecule has 0 amide bonds. The Morgan fingerprint density at radius 2 is 1.67 bits per heavy atom. The van der Waals surface area contributed by atoms with Crippen LogP contribution in [0.25, 0.3) is 0 Å². The van der Waals surface area contributed by atoms with E-state index in [2.05, 4.69) is 0 Å². The number of benzene rings is 2. The monoisotopic (exact) mass is 301 g/mol. The summed E-state index contributed by atoms with van der Waals surface area (Å²) in [6.45, 7) is 0. The summed E-state index contributed by atoms with van der Waals surface area (Å²) < 4.78 is 55.6. The zero-order valence-corrected chi connectivity index (χ0v) is 10.2. The Kier molecular flexibility index (Phi) is 3.79. The molecule has 110 valence electrons. The van der Waals surface area contributed by atoms with Crippen molar-refractivity contribution in [3.05, 3.63) is 64.0 Å². The van der Waals surface area contributed by atoms with Crippen LogP contribution in [0.4, 0.5) is 23.2 Å². The van der Waals surface area contributed by atoms with Gasteiger partial charge in [0.25, 0.3) is 0 Å². The molecule has 0 N–H and O–H groups in total. The number of halogens is 4. The third-order valence-corrected chi connectivity index (χ3v) is 2.54. The van der Waals surface area contributed by atoms with Gasteiger partial charge >= 0.3 is 11.9 Å². The van der Waals surface area contributed by atoms with E-state index in [1.54, 1.807) is 0 Å². The van der Waals surface area contributed by atoms with Crippen molar-refractivity contribution in [1.29, 1.82) is 0 Å². The average molecular weight is 301 g/mol. The second-order valence-electron chi connectivity index (χ2n) is 3.97. The summed E-state index contributed by atoms with van der Waals surface area (Å²) in [6, 6.07) is 6.76. The average Bonchev–Trinajstić information content (AvgIpc) is 2.38. The first-order valence-electron chi connectivity index (χ1n) is 5.57. The Balaban J connectivity index is 2.31. The van der Waals surface area contributed by atoms with Gasteiger partial charge < -0.3 is 4.74 Å². The van der Waals surface area contributed by atoms with Crippen LogP contribution >= 0.6 is 0 Å². The summed E-state index contributed by atoms with van der Waals surface area (Å²) in [5, 5.41) is 10.8. The molecule has 2 aromatic carbocycles. The highest BCUT2D eigenvalue weighted by Gasteiger charge is 2.30. The van der Waals surface area contributed by atoms with E-state index in [0.717, 1.165) is 36.4 Å². The Morgan fingerprint density at radius 3 is 2.19 bits per heavy atom. The van der Waals surface area contributed by atoms with E-state index >= 15 is 0 Å². The summed E-state index contributed by atoms with van der Waals surface area (Å²) in [7, 11) is 0. The zero-order valence-electron chi connectivity index (χ0n) is 10.2. The van der Waals surface area contributed by atoms with E-state index in [9.17, 15) is 27.7 Å². The Morgan fingerprint density at radius 1 is 1.05 bits per heavy atom. The van der Waals surface area contributed by atoms with Crippen molar-refractivity contribution in [2.75, 3.05) is 0 Å². The van der Waals surface area contributed by atoms with Crippen LogP contribution in [0.2, 0.25) is 0 Å². The fourth-order valence-electron chi connectivity index (χ4n) is 1.59. The molecule has 0 bridgehead atoms. The van der Waals surface area contributed by atoms with Gasteiger partial charge in [-0.1, -0.05) is 6.07 Å². The first-order chi connectivity index (χ1) is 9.79. The zero-order chi connectivity index (χ0) is 15.6. The second-order valence-corrected chi connectivity index (χ2v) is 3.97. The molecule has 8 heteroatoms.